The molecule has 23 heavy (non-hydrogen) atoms. The van der Waals surface area contributed by atoms with E-state index in [-0.39, 0.29) is 5.97 Å². The summed E-state index contributed by atoms with van der Waals surface area (Å²) < 4.78 is 12.1. The van der Waals surface area contributed by atoms with Crippen molar-refractivity contribution in [3.05, 3.63) is 60.4 Å². The second-order valence-corrected chi connectivity index (χ2v) is 4.59. The van der Waals surface area contributed by atoms with Gasteiger partial charge >= 0.3 is 5.97 Å². The first-order valence-corrected chi connectivity index (χ1v) is 7.02. The number of aromatic nitrogens is 3. The summed E-state index contributed by atoms with van der Waals surface area (Å²) in [7, 11) is 0. The Morgan fingerprint density at radius 2 is 1.96 bits per heavy atom. The van der Waals surface area contributed by atoms with E-state index in [4.69, 9.17) is 9.15 Å². The molecule has 0 aliphatic heterocycles. The summed E-state index contributed by atoms with van der Waals surface area (Å²) >= 11 is 0. The van der Waals surface area contributed by atoms with E-state index in [0.29, 0.717) is 23.7 Å². The van der Waals surface area contributed by atoms with Crippen molar-refractivity contribution in [1.82, 2.24) is 14.9 Å². The van der Waals surface area contributed by atoms with Crippen LogP contribution in [-0.4, -0.2) is 33.7 Å². The number of hydrogen-bond donors (Lipinski definition) is 0. The van der Waals surface area contributed by atoms with Crippen LogP contribution in [0, 0.1) is 0 Å². The molecule has 0 saturated carbocycles. The van der Waals surface area contributed by atoms with E-state index in [2.05, 4.69) is 15.3 Å². The number of nitrogens with zero attached hydrogens (tertiary/aromatic N) is 4. The van der Waals surface area contributed by atoms with Crippen molar-refractivity contribution >= 4 is 12.2 Å². The highest BCUT2D eigenvalue weighted by molar-refractivity contribution is 5.90. The van der Waals surface area contributed by atoms with E-state index in [1.807, 2.05) is 24.3 Å². The third kappa shape index (κ3) is 3.52. The van der Waals surface area contributed by atoms with Crippen molar-refractivity contribution in [1.29, 1.82) is 0 Å². The van der Waals surface area contributed by atoms with Crippen LogP contribution in [0.1, 0.15) is 23.0 Å². The maximum absolute atomic E-state index is 11.6. The molecule has 0 saturated heterocycles. The number of ether oxygens (including phenoxy) is 1. The van der Waals surface area contributed by atoms with Crippen LogP contribution in [0.25, 0.3) is 11.3 Å². The molecule has 2 aromatic heterocycles. The van der Waals surface area contributed by atoms with E-state index < -0.39 is 0 Å². The smallest absolute Gasteiger partial charge is 0.338 e. The topological polar surface area (TPSA) is 82.5 Å². The monoisotopic (exact) mass is 310 g/mol. The van der Waals surface area contributed by atoms with E-state index in [0.717, 1.165) is 5.56 Å². The zero-order chi connectivity index (χ0) is 16.1. The third-order valence-corrected chi connectivity index (χ3v) is 3.03. The number of benzene rings is 1. The minimum Gasteiger partial charge on any atom is -0.462 e. The van der Waals surface area contributed by atoms with Crippen LogP contribution in [0.5, 0.6) is 0 Å². The Hall–Kier alpha value is -3.22. The van der Waals surface area contributed by atoms with Crippen LogP contribution in [0.4, 0.5) is 0 Å². The van der Waals surface area contributed by atoms with Gasteiger partial charge in [0.15, 0.2) is 0 Å². The van der Waals surface area contributed by atoms with Gasteiger partial charge in [-0.15, -0.1) is 10.2 Å². The number of hydrogen-bond acceptors (Lipinski definition) is 6. The van der Waals surface area contributed by atoms with E-state index >= 15 is 0 Å². The van der Waals surface area contributed by atoms with Crippen LogP contribution < -0.4 is 0 Å². The Morgan fingerprint density at radius 1 is 1.22 bits per heavy atom. The number of carbonyl (C=O) groups is 1. The van der Waals surface area contributed by atoms with E-state index in [1.54, 1.807) is 25.3 Å². The van der Waals surface area contributed by atoms with Gasteiger partial charge in [0.1, 0.15) is 24.2 Å². The first-order chi connectivity index (χ1) is 11.3. The van der Waals surface area contributed by atoms with Gasteiger partial charge in [-0.3, -0.25) is 0 Å². The quantitative estimate of drug-likeness (QED) is 0.534. The molecular formula is C16H14N4O3. The zero-order valence-electron chi connectivity index (χ0n) is 12.4. The highest BCUT2D eigenvalue weighted by atomic mass is 16.5. The lowest BCUT2D eigenvalue weighted by Gasteiger charge is -2.02. The summed E-state index contributed by atoms with van der Waals surface area (Å²) in [5.41, 5.74) is 1.37. The highest BCUT2D eigenvalue weighted by Gasteiger charge is 2.08. The van der Waals surface area contributed by atoms with Gasteiger partial charge in [-0.25, -0.2) is 9.47 Å². The lowest BCUT2D eigenvalue weighted by Crippen LogP contribution is -2.03. The minimum atomic E-state index is -0.333. The van der Waals surface area contributed by atoms with Crippen molar-refractivity contribution in [3.8, 4) is 11.3 Å². The first-order valence-electron chi connectivity index (χ1n) is 7.02. The normalized spacial score (nSPS) is 11.0. The molecule has 2 heterocycles. The number of esters is 1. The Bertz CT molecular complexity index is 804. The summed E-state index contributed by atoms with van der Waals surface area (Å²) in [5.74, 6) is 0.953. The molecule has 0 N–H and O–H groups in total. The van der Waals surface area contributed by atoms with E-state index in [1.165, 1.54) is 17.3 Å². The molecule has 116 valence electrons. The summed E-state index contributed by atoms with van der Waals surface area (Å²) in [6.45, 7) is 2.13. The molecule has 0 spiro atoms. The SMILES string of the molecule is CCOC(=O)c1ccc(-c2ccc(/C=N\n3cnnc3)o2)cc1. The molecule has 0 aliphatic rings. The van der Waals surface area contributed by atoms with Crippen LogP contribution in [0.15, 0.2) is 58.6 Å². The number of furan rings is 1. The Labute approximate surface area is 132 Å². The predicted molar refractivity (Wildman–Crippen MR) is 83.1 cm³/mol. The fraction of sp³-hybridized carbons (Fsp3) is 0.125. The molecule has 7 heteroatoms. The first kappa shape index (κ1) is 14.7. The van der Waals surface area contributed by atoms with Gasteiger partial charge in [-0.05, 0) is 31.2 Å². The molecule has 0 atom stereocenters. The molecule has 0 unspecified atom stereocenters. The molecule has 0 fully saturated rings. The van der Waals surface area contributed by atoms with Gasteiger partial charge in [0.25, 0.3) is 0 Å². The molecule has 0 amide bonds. The number of rotatable bonds is 5. The van der Waals surface area contributed by atoms with Crippen LogP contribution >= 0.6 is 0 Å². The van der Waals surface area contributed by atoms with Crippen LogP contribution in [0.2, 0.25) is 0 Å². The van der Waals surface area contributed by atoms with Gasteiger partial charge in [-0.2, -0.15) is 5.10 Å². The average Bonchev–Trinajstić information content (AvgIpc) is 3.25. The van der Waals surface area contributed by atoms with E-state index in [9.17, 15) is 4.79 Å². The zero-order valence-corrected chi connectivity index (χ0v) is 12.4. The molecule has 0 bridgehead atoms. The molecule has 7 nitrogen and oxygen atoms in total. The lowest BCUT2D eigenvalue weighted by molar-refractivity contribution is 0.0526. The molecule has 1 aromatic carbocycles. The van der Waals surface area contributed by atoms with Crippen LogP contribution in [0.3, 0.4) is 0 Å². The lowest BCUT2D eigenvalue weighted by atomic mass is 10.1. The van der Waals surface area contributed by atoms with Gasteiger partial charge in [-0.1, -0.05) is 12.1 Å². The average molecular weight is 310 g/mol. The fourth-order valence-electron chi connectivity index (χ4n) is 1.94. The summed E-state index contributed by atoms with van der Waals surface area (Å²) in [5, 5.41) is 11.4. The highest BCUT2D eigenvalue weighted by Crippen LogP contribution is 2.22. The molecule has 3 aromatic rings. The summed E-state index contributed by atoms with van der Waals surface area (Å²) in [4.78, 5) is 11.6. The Kier molecular flexibility index (Phi) is 4.28. The fourth-order valence-corrected chi connectivity index (χ4v) is 1.94. The van der Waals surface area contributed by atoms with Gasteiger partial charge in [0.05, 0.1) is 18.4 Å². The molecular weight excluding hydrogens is 296 g/mol. The van der Waals surface area contributed by atoms with Crippen LogP contribution in [-0.2, 0) is 4.74 Å². The number of carbonyl (C=O) groups excluding carboxylic acids is 1. The maximum Gasteiger partial charge on any atom is 0.338 e. The second-order valence-electron chi connectivity index (χ2n) is 4.59. The van der Waals surface area contributed by atoms with Gasteiger partial charge in [0.2, 0.25) is 0 Å². The van der Waals surface area contributed by atoms with Crippen molar-refractivity contribution in [2.24, 2.45) is 5.10 Å². The van der Waals surface area contributed by atoms with Crippen molar-refractivity contribution in [2.45, 2.75) is 6.92 Å². The minimum absolute atomic E-state index is 0.333. The summed E-state index contributed by atoms with van der Waals surface area (Å²) in [6, 6.07) is 10.7. The van der Waals surface area contributed by atoms with Gasteiger partial charge < -0.3 is 9.15 Å². The maximum atomic E-state index is 11.6. The standard InChI is InChI=1S/C16H14N4O3/c1-2-22-16(21)13-5-3-12(4-6-13)15-8-7-14(23-15)9-19-20-10-17-18-11-20/h3-11H,2H2,1H3/b19-9-. The Balaban J connectivity index is 1.74. The third-order valence-electron chi connectivity index (χ3n) is 3.03. The van der Waals surface area contributed by atoms with Crippen molar-refractivity contribution in [2.75, 3.05) is 6.61 Å². The predicted octanol–water partition coefficient (Wildman–Crippen LogP) is 2.60. The van der Waals surface area contributed by atoms with Crippen molar-refractivity contribution in [3.63, 3.8) is 0 Å². The second kappa shape index (κ2) is 6.69. The molecule has 0 aliphatic carbocycles. The molecule has 3 rings (SSSR count). The van der Waals surface area contributed by atoms with Gasteiger partial charge in [0, 0.05) is 5.56 Å². The Morgan fingerprint density at radius 3 is 2.65 bits per heavy atom. The summed E-state index contributed by atoms with van der Waals surface area (Å²) in [6.07, 6.45) is 4.53. The van der Waals surface area contributed by atoms with Crippen molar-refractivity contribution < 1.29 is 13.9 Å². The molecule has 0 radical (unpaired) electrons. The largest absolute Gasteiger partial charge is 0.462 e.